The van der Waals surface area contributed by atoms with E-state index in [9.17, 15) is 18.0 Å². The summed E-state index contributed by atoms with van der Waals surface area (Å²) in [5.74, 6) is 1.41. The molecular weight excluding hydrogens is 499 g/mol. The summed E-state index contributed by atoms with van der Waals surface area (Å²) < 4.78 is 37.7. The average Bonchev–Trinajstić information content (AvgIpc) is 3.51. The molecule has 0 bridgehead atoms. The minimum absolute atomic E-state index is 0.544. The van der Waals surface area contributed by atoms with Crippen molar-refractivity contribution in [3.63, 3.8) is 0 Å². The van der Waals surface area contributed by atoms with Crippen molar-refractivity contribution in [2.75, 3.05) is 12.3 Å². The Morgan fingerprint density at radius 3 is 2.00 bits per heavy atom. The Morgan fingerprint density at radius 2 is 1.43 bits per heavy atom. The Labute approximate surface area is 217 Å². The third-order valence-corrected chi connectivity index (χ3v) is 7.06. The van der Waals surface area contributed by atoms with Crippen molar-refractivity contribution >= 4 is 18.0 Å². The van der Waals surface area contributed by atoms with Crippen LogP contribution in [-0.2, 0) is 10.2 Å². The lowest BCUT2D eigenvalue weighted by Crippen LogP contribution is -2.27. The molecule has 9 heteroatoms. The second kappa shape index (κ2) is 11.7. The molecule has 1 heterocycles. The Morgan fingerprint density at radius 1 is 0.865 bits per heavy atom. The van der Waals surface area contributed by atoms with Crippen LogP contribution in [0.15, 0.2) is 88.5 Å². The third-order valence-electron chi connectivity index (χ3n) is 6.16. The van der Waals surface area contributed by atoms with Gasteiger partial charge in [0.2, 0.25) is 5.89 Å². The summed E-state index contributed by atoms with van der Waals surface area (Å²) in [5.41, 5.74) is 9.17. The molecule has 0 saturated carbocycles. The number of halogens is 3. The molecular formula is C28H26F3N3O2S. The van der Waals surface area contributed by atoms with E-state index in [1.165, 1.54) is 11.1 Å². The first-order chi connectivity index (χ1) is 17.9. The molecule has 37 heavy (non-hydrogen) atoms. The molecule has 0 saturated heterocycles. The molecule has 5 rings (SSSR count). The average molecular weight is 526 g/mol. The van der Waals surface area contributed by atoms with Gasteiger partial charge in [-0.3, -0.25) is 0 Å². The van der Waals surface area contributed by atoms with Crippen molar-refractivity contribution in [3.05, 3.63) is 90.0 Å². The maximum Gasteiger partial charge on any atom is 0.400 e. The molecule has 2 N–H and O–H groups in total. The number of nitrogens with two attached hydrogens (primary N) is 1. The summed E-state index contributed by atoms with van der Waals surface area (Å²) in [5, 5.41) is 8.87. The van der Waals surface area contributed by atoms with Crippen LogP contribution in [0, 0.1) is 0 Å². The van der Waals surface area contributed by atoms with Crippen LogP contribution < -0.4 is 5.73 Å². The van der Waals surface area contributed by atoms with Crippen LogP contribution in [0.5, 0.6) is 0 Å². The lowest BCUT2D eigenvalue weighted by Gasteiger charge is -2.25. The number of benzene rings is 3. The molecule has 1 aliphatic rings. The van der Waals surface area contributed by atoms with Gasteiger partial charge in [-0.1, -0.05) is 84.9 Å². The summed E-state index contributed by atoms with van der Waals surface area (Å²) >= 11 is 1.57. The van der Waals surface area contributed by atoms with E-state index in [2.05, 4.69) is 40.2 Å². The van der Waals surface area contributed by atoms with E-state index in [1.807, 2.05) is 54.6 Å². The smallest absolute Gasteiger partial charge is 0.400 e. The number of hydrogen-bond acceptors (Lipinski definition) is 6. The van der Waals surface area contributed by atoms with Crippen LogP contribution in [0.1, 0.15) is 30.4 Å². The van der Waals surface area contributed by atoms with Gasteiger partial charge in [-0.25, -0.2) is 0 Å². The molecule has 5 nitrogen and oxygen atoms in total. The molecule has 1 aliphatic carbocycles. The highest BCUT2D eigenvalue weighted by Crippen LogP contribution is 2.50. The van der Waals surface area contributed by atoms with Gasteiger partial charge in [0.1, 0.15) is 6.29 Å². The largest absolute Gasteiger partial charge is 0.411 e. The number of aldehydes is 1. The SMILES string of the molecule is NCC(F)(F)F.O=CC1(CCCCSc2nnc(-c3ccccc3)o2)c2ccccc2-c2ccccc21. The van der Waals surface area contributed by atoms with Crippen LogP contribution in [-0.4, -0.2) is 35.0 Å². The Bertz CT molecular complexity index is 1280. The number of alkyl halides is 3. The van der Waals surface area contributed by atoms with Gasteiger partial charge in [0.15, 0.2) is 0 Å². The lowest BCUT2D eigenvalue weighted by molar-refractivity contribution is -0.118. The van der Waals surface area contributed by atoms with E-state index in [4.69, 9.17) is 4.42 Å². The van der Waals surface area contributed by atoms with E-state index < -0.39 is 18.1 Å². The number of aromatic nitrogens is 2. The molecule has 0 atom stereocenters. The van der Waals surface area contributed by atoms with Crippen molar-refractivity contribution in [1.29, 1.82) is 0 Å². The highest BCUT2D eigenvalue weighted by Gasteiger charge is 2.42. The van der Waals surface area contributed by atoms with Crippen molar-refractivity contribution in [2.24, 2.45) is 5.73 Å². The molecule has 0 aliphatic heterocycles. The number of hydrogen-bond donors (Lipinski definition) is 1. The van der Waals surface area contributed by atoms with Crippen molar-refractivity contribution in [2.45, 2.75) is 36.1 Å². The van der Waals surface area contributed by atoms with Gasteiger partial charge < -0.3 is 14.9 Å². The zero-order valence-corrected chi connectivity index (χ0v) is 20.8. The molecule has 192 valence electrons. The maximum absolute atomic E-state index is 12.4. The topological polar surface area (TPSA) is 82.0 Å². The van der Waals surface area contributed by atoms with E-state index in [-0.39, 0.29) is 0 Å². The Kier molecular flexibility index (Phi) is 8.45. The first-order valence-corrected chi connectivity index (χ1v) is 12.8. The van der Waals surface area contributed by atoms with Crippen LogP contribution in [0.2, 0.25) is 0 Å². The molecule has 0 radical (unpaired) electrons. The third kappa shape index (κ3) is 6.11. The fourth-order valence-corrected chi connectivity index (χ4v) is 5.20. The predicted molar refractivity (Wildman–Crippen MR) is 138 cm³/mol. The second-order valence-electron chi connectivity index (χ2n) is 8.54. The van der Waals surface area contributed by atoms with Crippen molar-refractivity contribution in [1.82, 2.24) is 10.2 Å². The standard InChI is InChI=1S/C26H22N2O2S.C2H4F3N/c29-18-26(22-14-6-4-12-20(22)21-13-5-7-15-23(21)26)16-8-9-17-31-25-28-27-24(30-25)19-10-2-1-3-11-19;3-2(4,5)1-6/h1-7,10-15,18H,8-9,16-17H2;1,6H2. The van der Waals surface area contributed by atoms with Crippen LogP contribution >= 0.6 is 11.8 Å². The lowest BCUT2D eigenvalue weighted by atomic mass is 9.75. The monoisotopic (exact) mass is 525 g/mol. The summed E-state index contributed by atoms with van der Waals surface area (Å²) in [6.45, 7) is -1.23. The first-order valence-electron chi connectivity index (χ1n) is 11.8. The first kappa shape index (κ1) is 26.6. The van der Waals surface area contributed by atoms with Crippen molar-refractivity contribution in [3.8, 4) is 22.6 Å². The summed E-state index contributed by atoms with van der Waals surface area (Å²) in [6, 6.07) is 26.4. The van der Waals surface area contributed by atoms with Gasteiger partial charge in [-0.2, -0.15) is 13.2 Å². The number of fused-ring (bicyclic) bond motifs is 3. The minimum Gasteiger partial charge on any atom is -0.411 e. The zero-order valence-electron chi connectivity index (χ0n) is 19.9. The van der Waals surface area contributed by atoms with E-state index in [0.717, 1.165) is 48.0 Å². The molecule has 1 aromatic heterocycles. The summed E-state index contributed by atoms with van der Waals surface area (Å²) in [6.07, 6.45) is -0.332. The van der Waals surface area contributed by atoms with E-state index in [0.29, 0.717) is 11.1 Å². The Balaban J connectivity index is 0.000000480. The predicted octanol–water partition coefficient (Wildman–Crippen LogP) is 6.67. The van der Waals surface area contributed by atoms with Crippen LogP contribution in [0.3, 0.4) is 0 Å². The quantitative estimate of drug-likeness (QED) is 0.157. The summed E-state index contributed by atoms with van der Waals surface area (Å²) in [7, 11) is 0. The highest BCUT2D eigenvalue weighted by atomic mass is 32.2. The summed E-state index contributed by atoms with van der Waals surface area (Å²) in [4.78, 5) is 12.4. The minimum atomic E-state index is -4.18. The number of nitrogens with zero attached hydrogens (tertiary/aromatic N) is 2. The van der Waals surface area contributed by atoms with Crippen molar-refractivity contribution < 1.29 is 22.4 Å². The number of carbonyl (C=O) groups is 1. The van der Waals surface area contributed by atoms with Gasteiger partial charge in [0.05, 0.1) is 12.0 Å². The maximum atomic E-state index is 12.4. The second-order valence-corrected chi connectivity index (χ2v) is 9.59. The molecule has 0 unspecified atom stereocenters. The van der Waals surface area contributed by atoms with Gasteiger partial charge >= 0.3 is 6.18 Å². The van der Waals surface area contributed by atoms with Gasteiger partial charge in [0, 0.05) is 11.3 Å². The highest BCUT2D eigenvalue weighted by molar-refractivity contribution is 7.99. The normalized spacial score (nSPS) is 13.3. The van der Waals surface area contributed by atoms with Gasteiger partial charge in [-0.15, -0.1) is 10.2 Å². The molecule has 4 aromatic rings. The van der Waals surface area contributed by atoms with Gasteiger partial charge in [0.25, 0.3) is 5.22 Å². The van der Waals surface area contributed by atoms with Gasteiger partial charge in [-0.05, 0) is 47.2 Å². The van der Waals surface area contributed by atoms with E-state index >= 15 is 0 Å². The van der Waals surface area contributed by atoms with Crippen LogP contribution in [0.4, 0.5) is 13.2 Å². The fraction of sp³-hybridized carbons (Fsp3) is 0.250. The van der Waals surface area contributed by atoms with E-state index in [1.54, 1.807) is 11.8 Å². The number of rotatable bonds is 8. The Hall–Kier alpha value is -3.43. The number of carbonyl (C=O) groups excluding carboxylic acids is 1. The molecule has 0 amide bonds. The number of unbranched alkanes of at least 4 members (excludes halogenated alkanes) is 1. The fourth-order valence-electron chi connectivity index (χ4n) is 4.45. The molecule has 0 spiro atoms. The molecule has 0 fully saturated rings. The van der Waals surface area contributed by atoms with Crippen LogP contribution in [0.25, 0.3) is 22.6 Å². The number of thioether (sulfide) groups is 1. The zero-order chi connectivity index (χ0) is 26.3. The molecule has 3 aromatic carbocycles.